The molecule has 2 rings (SSSR count). The van der Waals surface area contributed by atoms with Crippen LogP contribution in [0.25, 0.3) is 0 Å². The SMILES string of the molecule is CCN(CC(=O)Nc1ccccc1C(F)(F)F)S(=O)(=O)c1ccccc1Cl. The molecule has 0 saturated heterocycles. The molecule has 1 amide bonds. The standard InChI is InChI=1S/C17H16ClF3N2O3S/c1-2-23(27(25,26)15-10-6-4-8-13(15)18)11-16(24)22-14-9-5-3-7-12(14)17(19,20)21/h3-10H,2,11H2,1H3,(H,22,24). The summed E-state index contributed by atoms with van der Waals surface area (Å²) in [5.41, 5.74) is -1.46. The van der Waals surface area contributed by atoms with E-state index in [0.717, 1.165) is 16.4 Å². The van der Waals surface area contributed by atoms with Gasteiger partial charge in [0.2, 0.25) is 15.9 Å². The van der Waals surface area contributed by atoms with Crippen molar-refractivity contribution in [2.75, 3.05) is 18.4 Å². The molecule has 0 spiro atoms. The summed E-state index contributed by atoms with van der Waals surface area (Å²) in [5, 5.41) is 2.11. The van der Waals surface area contributed by atoms with Crippen LogP contribution in [0, 0.1) is 0 Å². The summed E-state index contributed by atoms with van der Waals surface area (Å²) in [5.74, 6) is -0.899. The van der Waals surface area contributed by atoms with Crippen LogP contribution in [0.4, 0.5) is 18.9 Å². The molecule has 0 aromatic heterocycles. The molecular weight excluding hydrogens is 405 g/mol. The quantitative estimate of drug-likeness (QED) is 0.767. The van der Waals surface area contributed by atoms with Crippen LogP contribution in [-0.2, 0) is 21.0 Å². The van der Waals surface area contributed by atoms with E-state index in [1.165, 1.54) is 37.3 Å². The lowest BCUT2D eigenvalue weighted by atomic mass is 10.1. The van der Waals surface area contributed by atoms with E-state index in [0.29, 0.717) is 0 Å². The number of sulfonamides is 1. The summed E-state index contributed by atoms with van der Waals surface area (Å²) in [7, 11) is -4.09. The molecule has 27 heavy (non-hydrogen) atoms. The fourth-order valence-electron chi connectivity index (χ4n) is 2.35. The van der Waals surface area contributed by atoms with Gasteiger partial charge in [0.05, 0.1) is 22.8 Å². The molecule has 0 radical (unpaired) electrons. The summed E-state index contributed by atoms with van der Waals surface area (Å²) >= 11 is 5.92. The van der Waals surface area contributed by atoms with Crippen molar-refractivity contribution < 1.29 is 26.4 Å². The molecular formula is C17H16ClF3N2O3S. The number of amides is 1. The van der Waals surface area contributed by atoms with Crippen LogP contribution in [0.2, 0.25) is 5.02 Å². The Morgan fingerprint density at radius 2 is 1.70 bits per heavy atom. The van der Waals surface area contributed by atoms with E-state index in [4.69, 9.17) is 11.6 Å². The highest BCUT2D eigenvalue weighted by Gasteiger charge is 2.34. The van der Waals surface area contributed by atoms with E-state index in [2.05, 4.69) is 5.32 Å². The molecule has 0 atom stereocenters. The van der Waals surface area contributed by atoms with Gasteiger partial charge in [-0.15, -0.1) is 0 Å². The minimum atomic E-state index is -4.65. The minimum absolute atomic E-state index is 0.0150. The summed E-state index contributed by atoms with van der Waals surface area (Å²) < 4.78 is 65.2. The Kier molecular flexibility index (Phi) is 6.50. The van der Waals surface area contributed by atoms with Crippen LogP contribution >= 0.6 is 11.6 Å². The maximum atomic E-state index is 13.0. The van der Waals surface area contributed by atoms with Crippen molar-refractivity contribution in [2.24, 2.45) is 0 Å². The molecule has 0 bridgehead atoms. The van der Waals surface area contributed by atoms with Gasteiger partial charge in [0.1, 0.15) is 4.90 Å². The van der Waals surface area contributed by atoms with Gasteiger partial charge in [-0.05, 0) is 24.3 Å². The van der Waals surface area contributed by atoms with E-state index in [1.54, 1.807) is 6.07 Å². The number of hydrogen-bond acceptors (Lipinski definition) is 3. The summed E-state index contributed by atoms with van der Waals surface area (Å²) in [4.78, 5) is 12.0. The third-order valence-corrected chi connectivity index (χ3v) is 6.05. The van der Waals surface area contributed by atoms with Crippen LogP contribution in [-0.4, -0.2) is 31.7 Å². The predicted octanol–water partition coefficient (Wildman–Crippen LogP) is 4.01. The van der Waals surface area contributed by atoms with E-state index >= 15 is 0 Å². The van der Waals surface area contributed by atoms with E-state index < -0.39 is 39.9 Å². The van der Waals surface area contributed by atoms with Gasteiger partial charge in [0, 0.05) is 6.54 Å². The summed E-state index contributed by atoms with van der Waals surface area (Å²) in [6, 6.07) is 10.2. The first kappa shape index (κ1) is 21.2. The molecule has 2 aromatic rings. The summed E-state index contributed by atoms with van der Waals surface area (Å²) in [6.45, 7) is 0.781. The molecule has 0 unspecified atom stereocenters. The number of nitrogens with one attached hydrogen (secondary N) is 1. The molecule has 1 N–H and O–H groups in total. The zero-order valence-electron chi connectivity index (χ0n) is 14.1. The Morgan fingerprint density at radius 1 is 1.11 bits per heavy atom. The van der Waals surface area contributed by atoms with Crippen LogP contribution in [0.15, 0.2) is 53.4 Å². The van der Waals surface area contributed by atoms with Gasteiger partial charge in [-0.2, -0.15) is 17.5 Å². The molecule has 0 saturated carbocycles. The van der Waals surface area contributed by atoms with Crippen LogP contribution in [0.1, 0.15) is 12.5 Å². The number of rotatable bonds is 6. The Labute approximate surface area is 159 Å². The number of hydrogen-bond donors (Lipinski definition) is 1. The number of alkyl halides is 3. The minimum Gasteiger partial charge on any atom is -0.324 e. The number of carbonyl (C=O) groups excluding carboxylic acids is 1. The maximum absolute atomic E-state index is 13.0. The summed E-state index contributed by atoms with van der Waals surface area (Å²) in [6.07, 6.45) is -4.65. The van der Waals surface area contributed by atoms with Gasteiger partial charge in [-0.1, -0.05) is 42.8 Å². The molecule has 10 heteroatoms. The first-order chi connectivity index (χ1) is 12.6. The normalized spacial score (nSPS) is 12.2. The Bertz CT molecular complexity index is 933. The van der Waals surface area contributed by atoms with Gasteiger partial charge >= 0.3 is 6.18 Å². The topological polar surface area (TPSA) is 66.5 Å². The van der Waals surface area contributed by atoms with Crippen LogP contribution in [0.5, 0.6) is 0 Å². The Balaban J connectivity index is 2.23. The van der Waals surface area contributed by atoms with Gasteiger partial charge in [0.15, 0.2) is 0 Å². The first-order valence-electron chi connectivity index (χ1n) is 7.78. The lowest BCUT2D eigenvalue weighted by Crippen LogP contribution is -2.38. The van der Waals surface area contributed by atoms with Crippen LogP contribution < -0.4 is 5.32 Å². The maximum Gasteiger partial charge on any atom is 0.418 e. The van der Waals surface area contributed by atoms with Gasteiger partial charge in [-0.25, -0.2) is 8.42 Å². The zero-order chi connectivity index (χ0) is 20.2. The lowest BCUT2D eigenvalue weighted by Gasteiger charge is -2.21. The fraction of sp³-hybridized carbons (Fsp3) is 0.235. The van der Waals surface area contributed by atoms with Crippen LogP contribution in [0.3, 0.4) is 0 Å². The van der Waals surface area contributed by atoms with Gasteiger partial charge in [0.25, 0.3) is 0 Å². The second kappa shape index (κ2) is 8.28. The zero-order valence-corrected chi connectivity index (χ0v) is 15.7. The molecule has 5 nitrogen and oxygen atoms in total. The van der Waals surface area contributed by atoms with E-state index in [9.17, 15) is 26.4 Å². The molecule has 2 aromatic carbocycles. The largest absolute Gasteiger partial charge is 0.418 e. The lowest BCUT2D eigenvalue weighted by molar-refractivity contribution is -0.137. The Morgan fingerprint density at radius 3 is 2.30 bits per heavy atom. The Hall–Kier alpha value is -2.10. The average Bonchev–Trinajstić information content (AvgIpc) is 2.59. The number of likely N-dealkylation sites (N-methyl/N-ethyl adjacent to an activating group) is 1. The smallest absolute Gasteiger partial charge is 0.324 e. The van der Waals surface area contributed by atoms with Crippen molar-refractivity contribution >= 4 is 33.2 Å². The molecule has 0 aliphatic carbocycles. The van der Waals surface area contributed by atoms with Crippen molar-refractivity contribution in [1.29, 1.82) is 0 Å². The number of anilines is 1. The second-order valence-corrected chi connectivity index (χ2v) is 7.77. The van der Waals surface area contributed by atoms with Crippen molar-refractivity contribution in [3.05, 3.63) is 59.1 Å². The van der Waals surface area contributed by atoms with E-state index in [-0.39, 0.29) is 16.5 Å². The molecule has 0 aliphatic heterocycles. The third kappa shape index (κ3) is 5.00. The number of halogens is 4. The average molecular weight is 421 g/mol. The number of benzene rings is 2. The van der Waals surface area contributed by atoms with E-state index in [1.807, 2.05) is 0 Å². The van der Waals surface area contributed by atoms with Gasteiger partial charge in [-0.3, -0.25) is 4.79 Å². The van der Waals surface area contributed by atoms with Crippen molar-refractivity contribution in [1.82, 2.24) is 4.31 Å². The van der Waals surface area contributed by atoms with Crippen molar-refractivity contribution in [2.45, 2.75) is 18.0 Å². The number of carbonyl (C=O) groups is 1. The van der Waals surface area contributed by atoms with Crippen molar-refractivity contribution in [3.8, 4) is 0 Å². The third-order valence-electron chi connectivity index (χ3n) is 3.63. The predicted molar refractivity (Wildman–Crippen MR) is 96.0 cm³/mol. The highest BCUT2D eigenvalue weighted by atomic mass is 35.5. The highest BCUT2D eigenvalue weighted by molar-refractivity contribution is 7.89. The highest BCUT2D eigenvalue weighted by Crippen LogP contribution is 2.34. The first-order valence-corrected chi connectivity index (χ1v) is 9.60. The number of para-hydroxylation sites is 1. The van der Waals surface area contributed by atoms with Crippen molar-refractivity contribution in [3.63, 3.8) is 0 Å². The fourth-order valence-corrected chi connectivity index (χ4v) is 4.25. The molecule has 0 aliphatic rings. The monoisotopic (exact) mass is 420 g/mol. The molecule has 146 valence electrons. The molecule has 0 heterocycles. The van der Waals surface area contributed by atoms with Gasteiger partial charge < -0.3 is 5.32 Å². The second-order valence-electron chi connectivity index (χ2n) is 5.45. The number of nitrogens with zero attached hydrogens (tertiary/aromatic N) is 1. The molecule has 0 fully saturated rings.